The van der Waals surface area contributed by atoms with Crippen LogP contribution in [0.2, 0.25) is 5.02 Å². The molecule has 4 heteroatoms. The molecule has 0 bridgehead atoms. The number of halogens is 2. The van der Waals surface area contributed by atoms with Gasteiger partial charge in [-0.1, -0.05) is 17.7 Å². The lowest BCUT2D eigenvalue weighted by Gasteiger charge is -2.25. The predicted octanol–water partition coefficient (Wildman–Crippen LogP) is 2.59. The minimum absolute atomic E-state index is 0.0353. The molecule has 0 heterocycles. The van der Waals surface area contributed by atoms with E-state index in [1.165, 1.54) is 12.1 Å². The van der Waals surface area contributed by atoms with Crippen molar-refractivity contribution in [2.24, 2.45) is 0 Å². The number of benzene rings is 1. The van der Waals surface area contributed by atoms with Gasteiger partial charge in [-0.15, -0.1) is 0 Å². The van der Waals surface area contributed by atoms with Crippen molar-refractivity contribution in [1.82, 2.24) is 0 Å². The summed E-state index contributed by atoms with van der Waals surface area (Å²) in [5.74, 6) is -0.291. The number of hydrogen-bond acceptors (Lipinski definition) is 2. The lowest BCUT2D eigenvalue weighted by molar-refractivity contribution is -0.129. The number of Topliss-reactive ketones (excluding diaryl/α,β-unsaturated/α-hetero) is 1. The zero-order valence-corrected chi connectivity index (χ0v) is 8.05. The molecule has 1 fully saturated rings. The maximum Gasteiger partial charge on any atom is 0.183 e. The van der Waals surface area contributed by atoms with Crippen molar-refractivity contribution < 1.29 is 13.9 Å². The number of carbonyl (C=O) groups is 1. The third-order valence-electron chi connectivity index (χ3n) is 2.12. The Morgan fingerprint density at radius 2 is 2.14 bits per heavy atom. The van der Waals surface area contributed by atoms with E-state index in [-0.39, 0.29) is 22.7 Å². The highest BCUT2D eigenvalue weighted by molar-refractivity contribution is 6.30. The minimum Gasteiger partial charge on any atom is -0.486 e. The summed E-state index contributed by atoms with van der Waals surface area (Å²) >= 11 is 5.57. The molecule has 2 rings (SSSR count). The second kappa shape index (κ2) is 3.58. The van der Waals surface area contributed by atoms with Gasteiger partial charge in [0.15, 0.2) is 11.6 Å². The first-order valence-electron chi connectivity index (χ1n) is 4.29. The highest BCUT2D eigenvalue weighted by atomic mass is 35.5. The normalized spacial score (nSPS) is 16.6. The van der Waals surface area contributed by atoms with Gasteiger partial charge in [-0.3, -0.25) is 4.79 Å². The molecule has 0 saturated heterocycles. The minimum atomic E-state index is -0.562. The quantitative estimate of drug-likeness (QED) is 0.757. The predicted molar refractivity (Wildman–Crippen MR) is 50.1 cm³/mol. The van der Waals surface area contributed by atoms with Crippen LogP contribution in [0.4, 0.5) is 4.39 Å². The molecule has 0 aromatic heterocycles. The van der Waals surface area contributed by atoms with Crippen molar-refractivity contribution in [3.63, 3.8) is 0 Å². The molecule has 0 atom stereocenters. The molecule has 1 aromatic rings. The maximum atomic E-state index is 13.3. The summed E-state index contributed by atoms with van der Waals surface area (Å²) in [7, 11) is 0. The highest BCUT2D eigenvalue weighted by Gasteiger charge is 2.29. The van der Waals surface area contributed by atoms with Gasteiger partial charge in [0.25, 0.3) is 0 Å². The maximum absolute atomic E-state index is 13.3. The number of rotatable bonds is 2. The Labute approximate surface area is 85.6 Å². The van der Waals surface area contributed by atoms with Gasteiger partial charge in [0.2, 0.25) is 0 Å². The molecule has 0 amide bonds. The fourth-order valence-corrected chi connectivity index (χ4v) is 1.45. The topological polar surface area (TPSA) is 26.3 Å². The van der Waals surface area contributed by atoms with Crippen LogP contribution in [0.25, 0.3) is 0 Å². The van der Waals surface area contributed by atoms with Gasteiger partial charge < -0.3 is 4.74 Å². The summed E-state index contributed by atoms with van der Waals surface area (Å²) in [5.41, 5.74) is 0. The van der Waals surface area contributed by atoms with E-state index in [0.717, 1.165) is 0 Å². The number of ketones is 1. The Kier molecular flexibility index (Phi) is 2.42. The van der Waals surface area contributed by atoms with Crippen LogP contribution in [-0.4, -0.2) is 11.9 Å². The van der Waals surface area contributed by atoms with E-state index in [1.807, 2.05) is 0 Å². The summed E-state index contributed by atoms with van der Waals surface area (Å²) in [6.07, 6.45) is 0.549. The number of ether oxygens (including phenoxy) is 1. The van der Waals surface area contributed by atoms with Gasteiger partial charge in [0, 0.05) is 12.8 Å². The number of carbonyl (C=O) groups excluding carboxylic acids is 1. The molecule has 1 aliphatic carbocycles. The van der Waals surface area contributed by atoms with Crippen LogP contribution in [-0.2, 0) is 4.79 Å². The molecule has 14 heavy (non-hydrogen) atoms. The Bertz CT molecular complexity index is 370. The van der Waals surface area contributed by atoms with Crippen LogP contribution >= 0.6 is 11.6 Å². The average Bonchev–Trinajstić information content (AvgIpc) is 2.10. The Morgan fingerprint density at radius 3 is 2.79 bits per heavy atom. The molecule has 1 aromatic carbocycles. The summed E-state index contributed by atoms with van der Waals surface area (Å²) in [4.78, 5) is 10.7. The van der Waals surface area contributed by atoms with Crippen molar-refractivity contribution in [2.75, 3.05) is 0 Å². The Balaban J connectivity index is 2.09. The summed E-state index contributed by atoms with van der Waals surface area (Å²) in [6, 6.07) is 4.57. The Hall–Kier alpha value is -1.09. The molecule has 0 radical (unpaired) electrons. The van der Waals surface area contributed by atoms with E-state index in [1.54, 1.807) is 6.07 Å². The van der Waals surface area contributed by atoms with Gasteiger partial charge in [-0.05, 0) is 12.1 Å². The van der Waals surface area contributed by atoms with Crippen LogP contribution < -0.4 is 4.74 Å². The lowest BCUT2D eigenvalue weighted by atomic mass is 9.94. The second-order valence-electron chi connectivity index (χ2n) is 3.24. The smallest absolute Gasteiger partial charge is 0.183 e. The van der Waals surface area contributed by atoms with E-state index in [2.05, 4.69) is 0 Å². The molecule has 0 aliphatic heterocycles. The van der Waals surface area contributed by atoms with Gasteiger partial charge in [0.1, 0.15) is 11.9 Å². The fourth-order valence-electron chi connectivity index (χ4n) is 1.29. The van der Waals surface area contributed by atoms with E-state index in [4.69, 9.17) is 16.3 Å². The summed E-state index contributed by atoms with van der Waals surface area (Å²) in [5, 5.41) is 0.0353. The summed E-state index contributed by atoms with van der Waals surface area (Å²) < 4.78 is 18.5. The standard InChI is InChI=1S/C10H8ClFO2/c11-8-2-1-3-9(10(8)12)14-7-4-6(13)5-7/h1-3,7H,4-5H2. The van der Waals surface area contributed by atoms with Crippen LogP contribution in [0.15, 0.2) is 18.2 Å². The third-order valence-corrected chi connectivity index (χ3v) is 2.41. The SMILES string of the molecule is O=C1CC(Oc2cccc(Cl)c2F)C1. The first-order valence-corrected chi connectivity index (χ1v) is 4.67. The molecule has 0 N–H and O–H groups in total. The van der Waals surface area contributed by atoms with Crippen molar-refractivity contribution in [2.45, 2.75) is 18.9 Å². The zero-order chi connectivity index (χ0) is 10.1. The van der Waals surface area contributed by atoms with E-state index in [9.17, 15) is 9.18 Å². The van der Waals surface area contributed by atoms with Crippen molar-refractivity contribution in [3.05, 3.63) is 29.0 Å². The van der Waals surface area contributed by atoms with E-state index in [0.29, 0.717) is 12.8 Å². The third kappa shape index (κ3) is 1.73. The first kappa shape index (κ1) is 9.46. The molecule has 0 unspecified atom stereocenters. The van der Waals surface area contributed by atoms with Gasteiger partial charge in [-0.2, -0.15) is 0 Å². The molecule has 2 nitrogen and oxygen atoms in total. The second-order valence-corrected chi connectivity index (χ2v) is 3.65. The number of hydrogen-bond donors (Lipinski definition) is 0. The lowest BCUT2D eigenvalue weighted by Crippen LogP contribution is -2.33. The average molecular weight is 215 g/mol. The van der Waals surface area contributed by atoms with Crippen LogP contribution in [0, 0.1) is 5.82 Å². The molecule has 1 saturated carbocycles. The molecular formula is C10H8ClFO2. The van der Waals surface area contributed by atoms with Crippen LogP contribution in [0.3, 0.4) is 0 Å². The van der Waals surface area contributed by atoms with Crippen molar-refractivity contribution in [1.29, 1.82) is 0 Å². The molecule has 74 valence electrons. The summed E-state index contributed by atoms with van der Waals surface area (Å²) in [6.45, 7) is 0. The largest absolute Gasteiger partial charge is 0.486 e. The Morgan fingerprint density at radius 1 is 1.43 bits per heavy atom. The van der Waals surface area contributed by atoms with E-state index < -0.39 is 5.82 Å². The van der Waals surface area contributed by atoms with Crippen molar-refractivity contribution >= 4 is 17.4 Å². The molecule has 0 spiro atoms. The van der Waals surface area contributed by atoms with Gasteiger partial charge in [0.05, 0.1) is 5.02 Å². The van der Waals surface area contributed by atoms with Crippen LogP contribution in [0.1, 0.15) is 12.8 Å². The fraction of sp³-hybridized carbons (Fsp3) is 0.300. The first-order chi connectivity index (χ1) is 6.66. The monoisotopic (exact) mass is 214 g/mol. The van der Waals surface area contributed by atoms with Gasteiger partial charge >= 0.3 is 0 Å². The zero-order valence-electron chi connectivity index (χ0n) is 7.30. The molecule has 1 aliphatic rings. The van der Waals surface area contributed by atoms with Crippen molar-refractivity contribution in [3.8, 4) is 5.75 Å². The molecular weight excluding hydrogens is 207 g/mol. The van der Waals surface area contributed by atoms with E-state index >= 15 is 0 Å². The van der Waals surface area contributed by atoms with Gasteiger partial charge in [-0.25, -0.2) is 4.39 Å². The van der Waals surface area contributed by atoms with Crippen LogP contribution in [0.5, 0.6) is 5.75 Å². The highest BCUT2D eigenvalue weighted by Crippen LogP contribution is 2.28.